The van der Waals surface area contributed by atoms with E-state index < -0.39 is 0 Å². The van der Waals surface area contributed by atoms with E-state index in [0.717, 1.165) is 5.13 Å². The van der Waals surface area contributed by atoms with Crippen molar-refractivity contribution in [3.63, 3.8) is 0 Å². The van der Waals surface area contributed by atoms with Crippen LogP contribution in [0.4, 0.5) is 5.13 Å². The number of hydrogen-bond donors (Lipinski definition) is 1. The molecule has 0 bridgehead atoms. The van der Waals surface area contributed by atoms with Crippen LogP contribution in [-0.2, 0) is 11.3 Å². The standard InChI is InChI=1S/C8H15N3O2S/c1-6(4-12)11(2)8-9-7(5-13-3)10-14-8/h6,12H,4-5H2,1-3H3/t6-/m1/s1. The Labute approximate surface area is 87.5 Å². The normalized spacial score (nSPS) is 12.9. The zero-order valence-corrected chi connectivity index (χ0v) is 9.41. The molecule has 0 aliphatic heterocycles. The van der Waals surface area contributed by atoms with Crippen LogP contribution in [0.5, 0.6) is 0 Å². The van der Waals surface area contributed by atoms with Gasteiger partial charge in [0.2, 0.25) is 5.13 Å². The Morgan fingerprint density at radius 3 is 2.93 bits per heavy atom. The predicted molar refractivity (Wildman–Crippen MR) is 55.6 cm³/mol. The van der Waals surface area contributed by atoms with E-state index in [4.69, 9.17) is 9.84 Å². The molecule has 0 unspecified atom stereocenters. The molecule has 0 spiro atoms. The number of aromatic nitrogens is 2. The molecule has 0 amide bonds. The number of hydrogen-bond acceptors (Lipinski definition) is 6. The first kappa shape index (κ1) is 11.4. The molecule has 1 aromatic rings. The van der Waals surface area contributed by atoms with Gasteiger partial charge in [-0.05, 0) is 6.92 Å². The number of ether oxygens (including phenoxy) is 1. The fraction of sp³-hybridized carbons (Fsp3) is 0.750. The van der Waals surface area contributed by atoms with Gasteiger partial charge < -0.3 is 14.7 Å². The highest BCUT2D eigenvalue weighted by atomic mass is 32.1. The average molecular weight is 217 g/mol. The van der Waals surface area contributed by atoms with Crippen molar-refractivity contribution in [1.29, 1.82) is 0 Å². The van der Waals surface area contributed by atoms with Crippen molar-refractivity contribution < 1.29 is 9.84 Å². The van der Waals surface area contributed by atoms with Crippen LogP contribution in [0.1, 0.15) is 12.7 Å². The van der Waals surface area contributed by atoms with Crippen LogP contribution in [0, 0.1) is 0 Å². The summed E-state index contributed by atoms with van der Waals surface area (Å²) in [4.78, 5) is 6.17. The molecule has 80 valence electrons. The fourth-order valence-corrected chi connectivity index (χ4v) is 1.62. The molecule has 0 fully saturated rings. The van der Waals surface area contributed by atoms with Gasteiger partial charge >= 0.3 is 0 Å². The second-order valence-corrected chi connectivity index (χ2v) is 3.80. The van der Waals surface area contributed by atoms with Crippen molar-refractivity contribution >= 4 is 16.7 Å². The average Bonchev–Trinajstić information content (AvgIpc) is 2.64. The predicted octanol–water partition coefficient (Wildman–Crippen LogP) is 0.502. The van der Waals surface area contributed by atoms with Gasteiger partial charge in [0.25, 0.3) is 0 Å². The van der Waals surface area contributed by atoms with Gasteiger partial charge in [0.05, 0.1) is 12.6 Å². The number of rotatable bonds is 5. The van der Waals surface area contributed by atoms with Crippen LogP contribution in [0.15, 0.2) is 0 Å². The molecule has 1 aromatic heterocycles. The smallest absolute Gasteiger partial charge is 0.205 e. The second-order valence-electron chi connectivity index (χ2n) is 3.07. The van der Waals surface area contributed by atoms with Crippen molar-refractivity contribution in [1.82, 2.24) is 9.36 Å². The van der Waals surface area contributed by atoms with Gasteiger partial charge in [0, 0.05) is 25.7 Å². The van der Waals surface area contributed by atoms with E-state index in [1.165, 1.54) is 11.5 Å². The quantitative estimate of drug-likeness (QED) is 0.778. The molecule has 0 aliphatic carbocycles. The van der Waals surface area contributed by atoms with Crippen LogP contribution >= 0.6 is 11.5 Å². The fourth-order valence-electron chi connectivity index (χ4n) is 0.887. The third-order valence-electron chi connectivity index (χ3n) is 1.96. The van der Waals surface area contributed by atoms with Crippen LogP contribution in [0.2, 0.25) is 0 Å². The molecular weight excluding hydrogens is 202 g/mol. The summed E-state index contributed by atoms with van der Waals surface area (Å²) in [6.07, 6.45) is 0. The number of aliphatic hydroxyl groups excluding tert-OH is 1. The first-order valence-electron chi connectivity index (χ1n) is 4.34. The summed E-state index contributed by atoms with van der Waals surface area (Å²) in [5, 5.41) is 9.77. The van der Waals surface area contributed by atoms with Crippen LogP contribution in [0.3, 0.4) is 0 Å². The summed E-state index contributed by atoms with van der Waals surface area (Å²) in [6, 6.07) is 0.0540. The van der Waals surface area contributed by atoms with E-state index in [-0.39, 0.29) is 12.6 Å². The van der Waals surface area contributed by atoms with Crippen molar-refractivity contribution in [2.75, 3.05) is 25.7 Å². The Balaban J connectivity index is 2.65. The molecule has 0 aromatic carbocycles. The molecule has 1 heterocycles. The largest absolute Gasteiger partial charge is 0.394 e. The van der Waals surface area contributed by atoms with Gasteiger partial charge in [-0.1, -0.05) is 0 Å². The lowest BCUT2D eigenvalue weighted by Crippen LogP contribution is -2.31. The van der Waals surface area contributed by atoms with E-state index in [0.29, 0.717) is 12.4 Å². The maximum absolute atomic E-state index is 8.97. The molecule has 1 rings (SSSR count). The molecule has 1 atom stereocenters. The minimum absolute atomic E-state index is 0.0540. The molecule has 5 nitrogen and oxygen atoms in total. The molecule has 1 N–H and O–H groups in total. The van der Waals surface area contributed by atoms with E-state index in [1.807, 2.05) is 18.9 Å². The van der Waals surface area contributed by atoms with E-state index >= 15 is 0 Å². The van der Waals surface area contributed by atoms with Gasteiger partial charge in [0.1, 0.15) is 6.61 Å². The summed E-state index contributed by atoms with van der Waals surface area (Å²) in [6.45, 7) is 2.46. The Morgan fingerprint density at radius 2 is 2.36 bits per heavy atom. The van der Waals surface area contributed by atoms with Crippen LogP contribution in [-0.4, -0.2) is 41.3 Å². The second kappa shape index (κ2) is 5.23. The van der Waals surface area contributed by atoms with E-state index in [2.05, 4.69) is 9.36 Å². The molecule has 0 saturated carbocycles. The first-order chi connectivity index (χ1) is 6.69. The topological polar surface area (TPSA) is 58.5 Å². The van der Waals surface area contributed by atoms with Gasteiger partial charge in [0.15, 0.2) is 5.82 Å². The Hall–Kier alpha value is -0.720. The summed E-state index contributed by atoms with van der Waals surface area (Å²) in [5.74, 6) is 0.685. The van der Waals surface area contributed by atoms with Crippen molar-refractivity contribution in [2.24, 2.45) is 0 Å². The SMILES string of the molecule is COCc1nsc(N(C)[C@H](C)CO)n1. The molecule has 14 heavy (non-hydrogen) atoms. The minimum atomic E-state index is 0.0540. The van der Waals surface area contributed by atoms with Gasteiger partial charge in [-0.15, -0.1) is 0 Å². The third-order valence-corrected chi connectivity index (χ3v) is 2.80. The lowest BCUT2D eigenvalue weighted by molar-refractivity contribution is 0.179. The number of likely N-dealkylation sites (N-methyl/N-ethyl adjacent to an activating group) is 1. The third kappa shape index (κ3) is 2.63. The molecule has 0 saturated heterocycles. The van der Waals surface area contributed by atoms with Gasteiger partial charge in [-0.2, -0.15) is 4.37 Å². The summed E-state index contributed by atoms with van der Waals surface area (Å²) in [5.41, 5.74) is 0. The zero-order valence-electron chi connectivity index (χ0n) is 8.60. The first-order valence-corrected chi connectivity index (χ1v) is 5.11. The van der Waals surface area contributed by atoms with Crippen molar-refractivity contribution in [2.45, 2.75) is 19.6 Å². The van der Waals surface area contributed by atoms with E-state index in [9.17, 15) is 0 Å². The summed E-state index contributed by atoms with van der Waals surface area (Å²) in [7, 11) is 3.50. The van der Waals surface area contributed by atoms with Gasteiger partial charge in [-0.25, -0.2) is 4.98 Å². The van der Waals surface area contributed by atoms with Crippen molar-refractivity contribution in [3.05, 3.63) is 5.82 Å². The maximum atomic E-state index is 8.97. The monoisotopic (exact) mass is 217 g/mol. The maximum Gasteiger partial charge on any atom is 0.205 e. The Bertz CT molecular complexity index is 279. The Morgan fingerprint density at radius 1 is 1.64 bits per heavy atom. The molecular formula is C8H15N3O2S. The number of methoxy groups -OCH3 is 1. The lowest BCUT2D eigenvalue weighted by atomic mass is 10.3. The van der Waals surface area contributed by atoms with E-state index in [1.54, 1.807) is 7.11 Å². The molecule has 6 heteroatoms. The van der Waals surface area contributed by atoms with Crippen LogP contribution < -0.4 is 4.90 Å². The highest BCUT2D eigenvalue weighted by Gasteiger charge is 2.13. The Kier molecular flexibility index (Phi) is 4.24. The van der Waals surface area contributed by atoms with Crippen LogP contribution in [0.25, 0.3) is 0 Å². The number of anilines is 1. The van der Waals surface area contributed by atoms with Gasteiger partial charge in [-0.3, -0.25) is 0 Å². The highest BCUT2D eigenvalue weighted by Crippen LogP contribution is 2.17. The summed E-state index contributed by atoms with van der Waals surface area (Å²) >= 11 is 1.31. The number of aliphatic hydroxyl groups is 1. The molecule has 0 radical (unpaired) electrons. The molecule has 0 aliphatic rings. The zero-order chi connectivity index (χ0) is 10.6. The van der Waals surface area contributed by atoms with Crippen molar-refractivity contribution in [3.8, 4) is 0 Å². The summed E-state index contributed by atoms with van der Waals surface area (Å²) < 4.78 is 9.05. The lowest BCUT2D eigenvalue weighted by Gasteiger charge is -2.21. The number of nitrogens with zero attached hydrogens (tertiary/aromatic N) is 3. The highest BCUT2D eigenvalue weighted by molar-refractivity contribution is 7.09. The minimum Gasteiger partial charge on any atom is -0.394 e.